The highest BCUT2D eigenvalue weighted by Gasteiger charge is 2.24. The molecule has 8 nitrogen and oxygen atoms in total. The van der Waals surface area contributed by atoms with Gasteiger partial charge in [-0.1, -0.05) is 24.6 Å². The average Bonchev–Trinajstić information content (AvgIpc) is 3.28. The smallest absolute Gasteiger partial charge is 0.253 e. The van der Waals surface area contributed by atoms with Gasteiger partial charge in [0, 0.05) is 35.3 Å². The van der Waals surface area contributed by atoms with Crippen LogP contribution in [-0.2, 0) is 6.61 Å². The molecule has 0 saturated carbocycles. The van der Waals surface area contributed by atoms with Crippen LogP contribution in [0.15, 0.2) is 24.3 Å². The van der Waals surface area contributed by atoms with E-state index in [1.54, 1.807) is 24.3 Å². The van der Waals surface area contributed by atoms with Gasteiger partial charge in [-0.15, -0.1) is 5.10 Å². The van der Waals surface area contributed by atoms with Crippen molar-refractivity contribution in [2.24, 2.45) is 5.92 Å². The highest BCUT2D eigenvalue weighted by Crippen LogP contribution is 2.26. The molecule has 3 N–H and O–H groups in total. The van der Waals surface area contributed by atoms with Crippen LogP contribution in [0.2, 0.25) is 5.02 Å². The van der Waals surface area contributed by atoms with Gasteiger partial charge in [-0.25, -0.2) is 4.98 Å². The molecule has 9 heteroatoms. The monoisotopic (exact) mass is 386 g/mol. The molecule has 1 aliphatic heterocycles. The predicted molar refractivity (Wildman–Crippen MR) is 102 cm³/mol. The van der Waals surface area contributed by atoms with E-state index in [4.69, 9.17) is 22.1 Å². The van der Waals surface area contributed by atoms with Crippen molar-refractivity contribution in [1.29, 1.82) is 0 Å². The summed E-state index contributed by atoms with van der Waals surface area (Å²) >= 11 is 6.38. The SMILES string of the molecule is C[C@H]1CCN(C(=O)c2ccc(COc3cc(N)nc4n[nH]nc34)c(Cl)c2)C1. The number of halogens is 1. The number of nitrogens with zero attached hydrogens (tertiary/aromatic N) is 4. The molecule has 1 amide bonds. The summed E-state index contributed by atoms with van der Waals surface area (Å²) in [5.41, 5.74) is 7.99. The molecule has 0 bridgehead atoms. The van der Waals surface area contributed by atoms with Crippen LogP contribution < -0.4 is 10.5 Å². The molecule has 27 heavy (non-hydrogen) atoms. The van der Waals surface area contributed by atoms with Crippen molar-refractivity contribution in [3.63, 3.8) is 0 Å². The molecule has 0 spiro atoms. The first kappa shape index (κ1) is 17.5. The first-order valence-electron chi connectivity index (χ1n) is 8.69. The minimum Gasteiger partial charge on any atom is -0.486 e. The summed E-state index contributed by atoms with van der Waals surface area (Å²) < 4.78 is 5.82. The maximum atomic E-state index is 12.6. The van der Waals surface area contributed by atoms with Gasteiger partial charge >= 0.3 is 0 Å². The quantitative estimate of drug-likeness (QED) is 0.713. The predicted octanol–water partition coefficient (Wildman–Crippen LogP) is 2.65. The number of nitrogens with one attached hydrogen (secondary N) is 1. The molecule has 0 aliphatic carbocycles. The summed E-state index contributed by atoms with van der Waals surface area (Å²) in [6, 6.07) is 6.87. The highest BCUT2D eigenvalue weighted by molar-refractivity contribution is 6.31. The van der Waals surface area contributed by atoms with E-state index in [0.717, 1.165) is 25.1 Å². The van der Waals surface area contributed by atoms with E-state index in [2.05, 4.69) is 27.3 Å². The Bertz CT molecular complexity index is 1000. The molecule has 1 fully saturated rings. The van der Waals surface area contributed by atoms with Crippen molar-refractivity contribution in [2.75, 3.05) is 18.8 Å². The van der Waals surface area contributed by atoms with Gasteiger partial charge in [0.05, 0.1) is 0 Å². The third kappa shape index (κ3) is 3.52. The molecule has 0 unspecified atom stereocenters. The maximum Gasteiger partial charge on any atom is 0.253 e. The van der Waals surface area contributed by atoms with Crippen LogP contribution in [0.1, 0.15) is 29.3 Å². The van der Waals surface area contributed by atoms with Gasteiger partial charge in [0.1, 0.15) is 12.4 Å². The summed E-state index contributed by atoms with van der Waals surface area (Å²) in [4.78, 5) is 18.5. The number of rotatable bonds is 4. The van der Waals surface area contributed by atoms with E-state index < -0.39 is 0 Å². The van der Waals surface area contributed by atoms with Crippen LogP contribution >= 0.6 is 11.6 Å². The molecular formula is C18H19ClN6O2. The van der Waals surface area contributed by atoms with Gasteiger partial charge < -0.3 is 15.4 Å². The third-order valence-corrected chi connectivity index (χ3v) is 5.02. The summed E-state index contributed by atoms with van der Waals surface area (Å²) in [6.07, 6.45) is 1.04. The number of aromatic amines is 1. The van der Waals surface area contributed by atoms with Crippen molar-refractivity contribution in [2.45, 2.75) is 20.0 Å². The lowest BCUT2D eigenvalue weighted by atomic mass is 10.1. The Morgan fingerprint density at radius 3 is 3.00 bits per heavy atom. The van der Waals surface area contributed by atoms with Gasteiger partial charge in [-0.3, -0.25) is 4.79 Å². The fraction of sp³-hybridized carbons (Fsp3) is 0.333. The fourth-order valence-corrected chi connectivity index (χ4v) is 3.43. The van der Waals surface area contributed by atoms with E-state index in [9.17, 15) is 4.79 Å². The molecule has 140 valence electrons. The Kier molecular flexibility index (Phi) is 4.57. The number of benzene rings is 1. The number of fused-ring (bicyclic) bond motifs is 1. The van der Waals surface area contributed by atoms with Crippen molar-refractivity contribution in [3.8, 4) is 5.75 Å². The molecular weight excluding hydrogens is 368 g/mol. The minimum absolute atomic E-state index is 0.0138. The van der Waals surface area contributed by atoms with Gasteiger partial charge in [0.15, 0.2) is 11.3 Å². The summed E-state index contributed by atoms with van der Waals surface area (Å²) in [7, 11) is 0. The van der Waals surface area contributed by atoms with Gasteiger partial charge in [-0.05, 0) is 24.5 Å². The lowest BCUT2D eigenvalue weighted by molar-refractivity contribution is 0.0788. The molecule has 0 radical (unpaired) electrons. The molecule has 1 atom stereocenters. The largest absolute Gasteiger partial charge is 0.486 e. The minimum atomic E-state index is 0.0138. The van der Waals surface area contributed by atoms with E-state index in [0.29, 0.717) is 39.2 Å². The van der Waals surface area contributed by atoms with Crippen LogP contribution in [0, 0.1) is 5.92 Å². The summed E-state index contributed by atoms with van der Waals surface area (Å²) in [5.74, 6) is 1.31. The van der Waals surface area contributed by atoms with Crippen LogP contribution in [0.5, 0.6) is 5.75 Å². The number of H-pyrrole nitrogens is 1. The standard InChI is InChI=1S/C18H19ClN6O2/c1-10-4-5-25(8-10)18(26)11-2-3-12(13(19)6-11)9-27-14-7-15(20)21-17-16(14)22-24-23-17/h2-3,6-7,10H,4-5,8-9H2,1H3,(H3,20,21,22,23,24)/t10-/m0/s1. The molecule has 1 aliphatic rings. The van der Waals surface area contributed by atoms with Crippen molar-refractivity contribution < 1.29 is 9.53 Å². The van der Waals surface area contributed by atoms with Crippen LogP contribution in [0.25, 0.3) is 11.2 Å². The molecule has 2 aromatic heterocycles. The topological polar surface area (TPSA) is 110 Å². The molecule has 1 saturated heterocycles. The number of likely N-dealkylation sites (tertiary alicyclic amines) is 1. The van der Waals surface area contributed by atoms with Gasteiger partial charge in [0.2, 0.25) is 5.65 Å². The number of hydrogen-bond acceptors (Lipinski definition) is 6. The Balaban J connectivity index is 1.50. The maximum absolute atomic E-state index is 12.6. The number of hydrogen-bond donors (Lipinski definition) is 2. The number of aromatic nitrogens is 4. The normalized spacial score (nSPS) is 16.8. The van der Waals surface area contributed by atoms with Crippen LogP contribution in [0.4, 0.5) is 5.82 Å². The van der Waals surface area contributed by atoms with Gasteiger partial charge in [0.25, 0.3) is 5.91 Å². The van der Waals surface area contributed by atoms with E-state index in [1.807, 2.05) is 4.90 Å². The Labute approximate surface area is 160 Å². The number of nitrogens with two attached hydrogens (primary N) is 1. The lowest BCUT2D eigenvalue weighted by Gasteiger charge is -2.16. The molecule has 1 aromatic carbocycles. The van der Waals surface area contributed by atoms with Crippen LogP contribution in [-0.4, -0.2) is 44.3 Å². The number of carbonyl (C=O) groups is 1. The number of ether oxygens (including phenoxy) is 1. The third-order valence-electron chi connectivity index (χ3n) is 4.67. The van der Waals surface area contributed by atoms with Crippen molar-refractivity contribution in [1.82, 2.24) is 25.3 Å². The van der Waals surface area contributed by atoms with Crippen molar-refractivity contribution >= 4 is 34.5 Å². The second-order valence-corrected chi connectivity index (χ2v) is 7.19. The zero-order valence-corrected chi connectivity index (χ0v) is 15.5. The highest BCUT2D eigenvalue weighted by atomic mass is 35.5. The second kappa shape index (κ2) is 7.03. The van der Waals surface area contributed by atoms with Crippen LogP contribution in [0.3, 0.4) is 0 Å². The lowest BCUT2D eigenvalue weighted by Crippen LogP contribution is -2.28. The molecule has 3 aromatic rings. The van der Waals surface area contributed by atoms with E-state index in [-0.39, 0.29) is 12.5 Å². The fourth-order valence-electron chi connectivity index (χ4n) is 3.19. The summed E-state index contributed by atoms with van der Waals surface area (Å²) in [5, 5.41) is 10.9. The Morgan fingerprint density at radius 2 is 2.26 bits per heavy atom. The average molecular weight is 387 g/mol. The number of carbonyl (C=O) groups excluding carboxylic acids is 1. The number of anilines is 1. The van der Waals surface area contributed by atoms with Gasteiger partial charge in [-0.2, -0.15) is 10.3 Å². The van der Waals surface area contributed by atoms with E-state index in [1.165, 1.54) is 0 Å². The Morgan fingerprint density at radius 1 is 1.41 bits per heavy atom. The van der Waals surface area contributed by atoms with Crippen molar-refractivity contribution in [3.05, 3.63) is 40.4 Å². The molecule has 4 rings (SSSR count). The Hall–Kier alpha value is -2.87. The molecule has 3 heterocycles. The zero-order valence-electron chi connectivity index (χ0n) is 14.8. The summed E-state index contributed by atoms with van der Waals surface area (Å²) in [6.45, 7) is 3.94. The first-order valence-corrected chi connectivity index (χ1v) is 9.06. The zero-order chi connectivity index (χ0) is 19.0. The second-order valence-electron chi connectivity index (χ2n) is 6.78. The number of amides is 1. The first-order chi connectivity index (χ1) is 13.0. The van der Waals surface area contributed by atoms with E-state index >= 15 is 0 Å². The number of pyridine rings is 1. The number of nitrogen functional groups attached to an aromatic ring is 1.